The Hall–Kier alpha value is -2.02. The number of hydrogen-bond acceptors (Lipinski definition) is 6. The lowest BCUT2D eigenvalue weighted by Gasteiger charge is -2.30. The van der Waals surface area contributed by atoms with Gasteiger partial charge in [0.1, 0.15) is 16.5 Å². The Balaban J connectivity index is 1.37. The minimum atomic E-state index is -0.436. The first kappa shape index (κ1) is 17.4. The van der Waals surface area contributed by atoms with Crippen LogP contribution in [-0.4, -0.2) is 45.7 Å². The molecule has 0 unspecified atom stereocenters. The van der Waals surface area contributed by atoms with Crippen molar-refractivity contribution in [2.75, 3.05) is 25.0 Å². The van der Waals surface area contributed by atoms with Crippen LogP contribution in [0.5, 0.6) is 0 Å². The molecule has 1 aromatic carbocycles. The van der Waals surface area contributed by atoms with Crippen LogP contribution in [0.4, 0.5) is 5.82 Å². The molecule has 1 aliphatic rings. The number of aromatic nitrogens is 2. The number of aliphatic hydroxyl groups excluding tert-OH is 1. The highest BCUT2D eigenvalue weighted by Gasteiger charge is 2.18. The fourth-order valence-electron chi connectivity index (χ4n) is 3.48. The minimum Gasteiger partial charge on any atom is -0.390 e. The summed E-state index contributed by atoms with van der Waals surface area (Å²) in [5.41, 5.74) is 2.81. The Morgan fingerprint density at radius 1 is 1.23 bits per heavy atom. The number of fused-ring (bicyclic) bond motifs is 2. The molecule has 0 amide bonds. The summed E-state index contributed by atoms with van der Waals surface area (Å²) >= 11 is 1.63. The fraction of sp³-hybridized carbons (Fsp3) is 0.400. The normalized spacial score (nSPS) is 15.8. The van der Waals surface area contributed by atoms with Crippen molar-refractivity contribution in [3.05, 3.63) is 52.7 Å². The average Bonchev–Trinajstić information content (AvgIpc) is 3.14. The second-order valence-electron chi connectivity index (χ2n) is 6.77. The summed E-state index contributed by atoms with van der Waals surface area (Å²) in [5.74, 6) is 1.67. The molecule has 0 fully saturated rings. The van der Waals surface area contributed by atoms with E-state index < -0.39 is 6.10 Å². The molecule has 2 aromatic heterocycles. The molecule has 0 spiro atoms. The summed E-state index contributed by atoms with van der Waals surface area (Å²) in [6.45, 7) is 5.12. The lowest BCUT2D eigenvalue weighted by molar-refractivity contribution is 0.114. The molecule has 1 aliphatic heterocycles. The quantitative estimate of drug-likeness (QED) is 0.700. The van der Waals surface area contributed by atoms with Crippen LogP contribution in [0.15, 0.2) is 35.7 Å². The summed E-state index contributed by atoms with van der Waals surface area (Å²) in [6.07, 6.45) is 1.42. The van der Waals surface area contributed by atoms with E-state index in [1.165, 1.54) is 11.1 Å². The second-order valence-corrected chi connectivity index (χ2v) is 7.66. The van der Waals surface area contributed by atoms with Crippen molar-refractivity contribution in [1.29, 1.82) is 0 Å². The summed E-state index contributed by atoms with van der Waals surface area (Å²) in [4.78, 5) is 12.5. The standard InChI is InChI=1S/C20H24N4OS/c1-2-18-22-19(17-8-10-26-20(17)23-18)21-11-16(25)13-24-9-7-14-5-3-4-6-15(14)12-24/h3-6,8,10,16,25H,2,7,9,11-13H2,1H3,(H,21,22,23)/t16-/m1/s1. The fourth-order valence-corrected chi connectivity index (χ4v) is 4.26. The van der Waals surface area contributed by atoms with Crippen molar-refractivity contribution in [2.45, 2.75) is 32.4 Å². The van der Waals surface area contributed by atoms with E-state index >= 15 is 0 Å². The van der Waals surface area contributed by atoms with Gasteiger partial charge in [-0.3, -0.25) is 4.90 Å². The molecule has 5 nitrogen and oxygen atoms in total. The Kier molecular flexibility index (Phi) is 5.15. The van der Waals surface area contributed by atoms with Gasteiger partial charge in [-0.1, -0.05) is 31.2 Å². The van der Waals surface area contributed by atoms with Crippen LogP contribution in [0.2, 0.25) is 0 Å². The van der Waals surface area contributed by atoms with E-state index in [1.807, 2.05) is 11.4 Å². The van der Waals surface area contributed by atoms with Crippen LogP contribution in [-0.2, 0) is 19.4 Å². The summed E-state index contributed by atoms with van der Waals surface area (Å²) in [5, 5.41) is 16.9. The van der Waals surface area contributed by atoms with E-state index in [0.29, 0.717) is 13.1 Å². The van der Waals surface area contributed by atoms with Crippen LogP contribution in [0.25, 0.3) is 10.2 Å². The number of anilines is 1. The van der Waals surface area contributed by atoms with E-state index in [2.05, 4.69) is 51.4 Å². The van der Waals surface area contributed by atoms with Crippen LogP contribution >= 0.6 is 11.3 Å². The first-order valence-corrected chi connectivity index (χ1v) is 10.1. The molecule has 26 heavy (non-hydrogen) atoms. The zero-order chi connectivity index (χ0) is 17.9. The molecule has 0 aliphatic carbocycles. The molecule has 4 rings (SSSR count). The van der Waals surface area contributed by atoms with Crippen molar-refractivity contribution in [2.24, 2.45) is 0 Å². The predicted molar refractivity (Wildman–Crippen MR) is 107 cm³/mol. The third-order valence-electron chi connectivity index (χ3n) is 4.87. The van der Waals surface area contributed by atoms with Crippen molar-refractivity contribution in [3.63, 3.8) is 0 Å². The SMILES string of the molecule is CCc1nc(NC[C@@H](O)CN2CCc3ccccc3C2)c2ccsc2n1. The molecule has 1 atom stereocenters. The second kappa shape index (κ2) is 7.70. The Morgan fingerprint density at radius 2 is 2.08 bits per heavy atom. The van der Waals surface area contributed by atoms with E-state index in [4.69, 9.17) is 0 Å². The van der Waals surface area contributed by atoms with Crippen LogP contribution in [0, 0.1) is 0 Å². The predicted octanol–water partition coefficient (Wildman–Crippen LogP) is 3.08. The molecule has 136 valence electrons. The van der Waals surface area contributed by atoms with Gasteiger partial charge in [-0.2, -0.15) is 0 Å². The van der Waals surface area contributed by atoms with Crippen LogP contribution in [0.3, 0.4) is 0 Å². The molecule has 3 heterocycles. The highest BCUT2D eigenvalue weighted by molar-refractivity contribution is 7.16. The van der Waals surface area contributed by atoms with Crippen LogP contribution in [0.1, 0.15) is 23.9 Å². The van der Waals surface area contributed by atoms with Gasteiger partial charge in [0, 0.05) is 32.6 Å². The molecule has 3 aromatic rings. The van der Waals surface area contributed by atoms with Crippen molar-refractivity contribution < 1.29 is 5.11 Å². The monoisotopic (exact) mass is 368 g/mol. The molecule has 0 saturated heterocycles. The van der Waals surface area contributed by atoms with Gasteiger partial charge in [0.2, 0.25) is 0 Å². The smallest absolute Gasteiger partial charge is 0.138 e. The summed E-state index contributed by atoms with van der Waals surface area (Å²) in [6, 6.07) is 10.6. The third-order valence-corrected chi connectivity index (χ3v) is 5.68. The average molecular weight is 369 g/mol. The Morgan fingerprint density at radius 3 is 2.92 bits per heavy atom. The number of rotatable bonds is 6. The number of aliphatic hydroxyl groups is 1. The molecule has 0 radical (unpaired) electrons. The number of thiophene rings is 1. The Bertz CT molecular complexity index is 894. The summed E-state index contributed by atoms with van der Waals surface area (Å²) < 4.78 is 0. The zero-order valence-electron chi connectivity index (χ0n) is 15.0. The highest BCUT2D eigenvalue weighted by Crippen LogP contribution is 2.25. The lowest BCUT2D eigenvalue weighted by atomic mass is 10.00. The number of benzene rings is 1. The molecular weight excluding hydrogens is 344 g/mol. The van der Waals surface area contributed by atoms with E-state index in [-0.39, 0.29) is 0 Å². The zero-order valence-corrected chi connectivity index (χ0v) is 15.8. The van der Waals surface area contributed by atoms with Gasteiger partial charge in [-0.25, -0.2) is 9.97 Å². The first-order chi connectivity index (χ1) is 12.7. The van der Waals surface area contributed by atoms with Gasteiger partial charge >= 0.3 is 0 Å². The lowest BCUT2D eigenvalue weighted by Crippen LogP contribution is -2.39. The number of nitrogens with zero attached hydrogens (tertiary/aromatic N) is 3. The highest BCUT2D eigenvalue weighted by atomic mass is 32.1. The van der Waals surface area contributed by atoms with E-state index in [9.17, 15) is 5.11 Å². The van der Waals surface area contributed by atoms with Gasteiger partial charge in [0.05, 0.1) is 11.5 Å². The van der Waals surface area contributed by atoms with Crippen molar-refractivity contribution >= 4 is 27.4 Å². The maximum atomic E-state index is 10.5. The van der Waals surface area contributed by atoms with Crippen molar-refractivity contribution in [1.82, 2.24) is 14.9 Å². The van der Waals surface area contributed by atoms with Gasteiger partial charge < -0.3 is 10.4 Å². The largest absolute Gasteiger partial charge is 0.390 e. The third kappa shape index (κ3) is 3.72. The van der Waals surface area contributed by atoms with Gasteiger partial charge in [-0.15, -0.1) is 11.3 Å². The minimum absolute atomic E-state index is 0.436. The Labute approximate surface area is 157 Å². The summed E-state index contributed by atoms with van der Waals surface area (Å²) in [7, 11) is 0. The number of nitrogens with one attached hydrogen (secondary N) is 1. The molecule has 0 bridgehead atoms. The van der Waals surface area contributed by atoms with E-state index in [0.717, 1.165) is 47.8 Å². The number of β-amino-alcohol motifs (C(OH)–C–C–N with tert-alkyl or cyclic N) is 1. The van der Waals surface area contributed by atoms with Gasteiger partial charge in [-0.05, 0) is 29.0 Å². The maximum absolute atomic E-state index is 10.5. The number of aryl methyl sites for hydroxylation is 1. The van der Waals surface area contributed by atoms with Crippen LogP contribution < -0.4 is 5.32 Å². The maximum Gasteiger partial charge on any atom is 0.138 e. The van der Waals surface area contributed by atoms with Gasteiger partial charge in [0.25, 0.3) is 0 Å². The van der Waals surface area contributed by atoms with E-state index in [1.54, 1.807) is 11.3 Å². The van der Waals surface area contributed by atoms with Gasteiger partial charge in [0.15, 0.2) is 0 Å². The molecule has 2 N–H and O–H groups in total. The molecular formula is C20H24N4OS. The topological polar surface area (TPSA) is 61.3 Å². The molecule has 6 heteroatoms. The first-order valence-electron chi connectivity index (χ1n) is 9.18. The number of hydrogen-bond donors (Lipinski definition) is 2. The molecule has 0 saturated carbocycles. The van der Waals surface area contributed by atoms with Crippen molar-refractivity contribution in [3.8, 4) is 0 Å².